The van der Waals surface area contributed by atoms with Gasteiger partial charge in [-0.1, -0.05) is 30.3 Å². The SMILES string of the molecule is COCCNCc1ccc(-c2cc3nccc(Oc4ccc(CC(=O)c5c(C)ccn(-c6ccccc6)c5=O)cc4F)c3s2)nc1. The van der Waals surface area contributed by atoms with Crippen LogP contribution in [0.5, 0.6) is 11.5 Å². The van der Waals surface area contributed by atoms with Crippen molar-refractivity contribution >= 4 is 27.3 Å². The first-order chi connectivity index (χ1) is 22.4. The molecule has 0 aliphatic carbocycles. The number of halogens is 1. The van der Waals surface area contributed by atoms with Crippen molar-refractivity contribution in [1.29, 1.82) is 0 Å². The molecule has 6 aromatic rings. The topological polar surface area (TPSA) is 95.3 Å². The number of hydrogen-bond donors (Lipinski definition) is 1. The molecule has 0 bridgehead atoms. The first kappa shape index (κ1) is 31.0. The molecule has 0 fully saturated rings. The van der Waals surface area contributed by atoms with Gasteiger partial charge in [0.05, 0.1) is 33.0 Å². The van der Waals surface area contributed by atoms with Crippen LogP contribution >= 0.6 is 11.3 Å². The summed E-state index contributed by atoms with van der Waals surface area (Å²) in [6, 6.07) is 22.9. The van der Waals surface area contributed by atoms with Gasteiger partial charge in [-0.05, 0) is 66.1 Å². The monoisotopic (exact) mass is 634 g/mol. The number of hydrogen-bond acceptors (Lipinski definition) is 8. The molecule has 0 radical (unpaired) electrons. The van der Waals surface area contributed by atoms with E-state index in [1.165, 1.54) is 28.0 Å². The van der Waals surface area contributed by atoms with E-state index in [0.717, 1.165) is 27.4 Å². The second kappa shape index (κ2) is 13.9. The molecule has 0 atom stereocenters. The van der Waals surface area contributed by atoms with Gasteiger partial charge in [0.2, 0.25) is 0 Å². The lowest BCUT2D eigenvalue weighted by atomic mass is 10.0. The minimum Gasteiger partial charge on any atom is -0.453 e. The Hall–Kier alpha value is -5.03. The number of fused-ring (bicyclic) bond motifs is 1. The van der Waals surface area contributed by atoms with Crippen molar-refractivity contribution in [2.45, 2.75) is 19.9 Å². The normalized spacial score (nSPS) is 11.2. The maximum absolute atomic E-state index is 15.3. The average Bonchev–Trinajstić information content (AvgIpc) is 3.51. The number of rotatable bonds is 12. The summed E-state index contributed by atoms with van der Waals surface area (Å²) >= 11 is 1.46. The Balaban J connectivity index is 1.18. The number of methoxy groups -OCH3 is 1. The van der Waals surface area contributed by atoms with Crippen molar-refractivity contribution < 1.29 is 18.7 Å². The van der Waals surface area contributed by atoms with Gasteiger partial charge in [-0.3, -0.25) is 24.1 Å². The number of carbonyl (C=O) groups excluding carboxylic acids is 1. The number of para-hydroxylation sites is 1. The van der Waals surface area contributed by atoms with Crippen LogP contribution in [0.1, 0.15) is 27.0 Å². The maximum Gasteiger partial charge on any atom is 0.266 e. The molecule has 4 heterocycles. The molecule has 1 N–H and O–H groups in total. The number of thiophene rings is 1. The smallest absolute Gasteiger partial charge is 0.266 e. The van der Waals surface area contributed by atoms with Gasteiger partial charge in [0.1, 0.15) is 5.75 Å². The van der Waals surface area contributed by atoms with Crippen LogP contribution in [0.3, 0.4) is 0 Å². The lowest BCUT2D eigenvalue weighted by molar-refractivity contribution is 0.0990. The van der Waals surface area contributed by atoms with Gasteiger partial charge < -0.3 is 14.8 Å². The minimum absolute atomic E-state index is 0.0180. The summed E-state index contributed by atoms with van der Waals surface area (Å²) in [4.78, 5) is 36.5. The summed E-state index contributed by atoms with van der Waals surface area (Å²) in [5.74, 6) is -0.518. The Labute approximate surface area is 269 Å². The third-order valence-electron chi connectivity index (χ3n) is 7.46. The number of nitrogens with one attached hydrogen (secondary N) is 1. The van der Waals surface area contributed by atoms with Crippen LogP contribution in [0.15, 0.2) is 102 Å². The fourth-order valence-electron chi connectivity index (χ4n) is 5.09. The number of ketones is 1. The molecule has 8 nitrogen and oxygen atoms in total. The number of benzene rings is 2. The molecule has 6 rings (SSSR count). The lowest BCUT2D eigenvalue weighted by Crippen LogP contribution is -2.27. The Morgan fingerprint density at radius 2 is 1.80 bits per heavy atom. The number of aromatic nitrogens is 3. The second-order valence-corrected chi connectivity index (χ2v) is 11.8. The van der Waals surface area contributed by atoms with E-state index in [1.54, 1.807) is 56.8 Å². The average molecular weight is 635 g/mol. The Morgan fingerprint density at radius 1 is 0.978 bits per heavy atom. The Kier molecular flexibility index (Phi) is 9.39. The summed E-state index contributed by atoms with van der Waals surface area (Å²) < 4.78 is 28.6. The van der Waals surface area contributed by atoms with E-state index in [0.29, 0.717) is 41.2 Å². The van der Waals surface area contributed by atoms with E-state index in [9.17, 15) is 9.59 Å². The number of nitrogens with zero attached hydrogens (tertiary/aromatic N) is 3. The molecule has 0 amide bonds. The van der Waals surface area contributed by atoms with Crippen LogP contribution in [0, 0.1) is 12.7 Å². The van der Waals surface area contributed by atoms with Gasteiger partial charge >= 0.3 is 0 Å². The van der Waals surface area contributed by atoms with E-state index in [-0.39, 0.29) is 23.5 Å². The molecule has 0 spiro atoms. The predicted octanol–water partition coefficient (Wildman–Crippen LogP) is 6.91. The van der Waals surface area contributed by atoms with Crippen LogP contribution in [-0.2, 0) is 17.7 Å². The van der Waals surface area contributed by atoms with Crippen molar-refractivity contribution in [3.05, 3.63) is 136 Å². The van der Waals surface area contributed by atoms with Gasteiger partial charge in [-0.25, -0.2) is 4.39 Å². The van der Waals surface area contributed by atoms with Crippen molar-refractivity contribution in [3.63, 3.8) is 0 Å². The van der Waals surface area contributed by atoms with Gasteiger partial charge in [0.25, 0.3) is 5.56 Å². The highest BCUT2D eigenvalue weighted by atomic mass is 32.1. The van der Waals surface area contributed by atoms with Gasteiger partial charge in [0.15, 0.2) is 17.3 Å². The van der Waals surface area contributed by atoms with E-state index in [4.69, 9.17) is 9.47 Å². The second-order valence-electron chi connectivity index (χ2n) is 10.7. The molecule has 2 aromatic carbocycles. The summed E-state index contributed by atoms with van der Waals surface area (Å²) in [5, 5.41) is 3.30. The highest BCUT2D eigenvalue weighted by Gasteiger charge is 2.19. The van der Waals surface area contributed by atoms with Crippen LogP contribution in [-0.4, -0.2) is 40.6 Å². The van der Waals surface area contributed by atoms with E-state index in [1.807, 2.05) is 42.6 Å². The van der Waals surface area contributed by atoms with E-state index in [2.05, 4.69) is 15.3 Å². The van der Waals surface area contributed by atoms with Gasteiger partial charge in [0, 0.05) is 57.0 Å². The van der Waals surface area contributed by atoms with Crippen LogP contribution in [0.25, 0.3) is 26.5 Å². The van der Waals surface area contributed by atoms with Crippen molar-refractivity contribution in [2.75, 3.05) is 20.3 Å². The van der Waals surface area contributed by atoms with E-state index < -0.39 is 11.4 Å². The molecular weight excluding hydrogens is 603 g/mol. The zero-order valence-electron chi connectivity index (χ0n) is 25.3. The van der Waals surface area contributed by atoms with E-state index >= 15 is 4.39 Å². The molecule has 0 saturated carbocycles. The molecule has 4 aromatic heterocycles. The van der Waals surface area contributed by atoms with Crippen molar-refractivity contribution in [1.82, 2.24) is 19.9 Å². The molecular formula is C36H31FN4O4S. The number of ether oxygens (including phenoxy) is 2. The Morgan fingerprint density at radius 3 is 2.57 bits per heavy atom. The van der Waals surface area contributed by atoms with Crippen molar-refractivity contribution in [3.8, 4) is 27.8 Å². The minimum atomic E-state index is -0.616. The van der Waals surface area contributed by atoms with Gasteiger partial charge in [-0.2, -0.15) is 0 Å². The fourth-order valence-corrected chi connectivity index (χ4v) is 6.13. The van der Waals surface area contributed by atoms with Crippen LogP contribution in [0.4, 0.5) is 4.39 Å². The highest BCUT2D eigenvalue weighted by Crippen LogP contribution is 2.39. The quantitative estimate of drug-likeness (QED) is 0.115. The largest absolute Gasteiger partial charge is 0.453 e. The molecule has 46 heavy (non-hydrogen) atoms. The summed E-state index contributed by atoms with van der Waals surface area (Å²) in [5.41, 5.74) is 3.93. The molecule has 232 valence electrons. The summed E-state index contributed by atoms with van der Waals surface area (Å²) in [7, 11) is 1.67. The van der Waals surface area contributed by atoms with Crippen molar-refractivity contribution in [2.24, 2.45) is 0 Å². The van der Waals surface area contributed by atoms with Gasteiger partial charge in [-0.15, -0.1) is 11.3 Å². The predicted molar refractivity (Wildman–Crippen MR) is 178 cm³/mol. The maximum atomic E-state index is 15.3. The first-order valence-electron chi connectivity index (χ1n) is 14.7. The molecule has 0 unspecified atom stereocenters. The number of aryl methyl sites for hydroxylation is 1. The molecule has 10 heteroatoms. The highest BCUT2D eigenvalue weighted by molar-refractivity contribution is 7.22. The standard InChI is InChI=1S/C36H31FN4O4S/c1-23-13-16-41(26-6-4-3-5-7-26)36(43)34(23)30(42)19-24-9-11-31(27(37)18-24)45-32-12-14-39-29-20-33(46-35(29)32)28-10-8-25(22-40-28)21-38-15-17-44-2/h3-14,16,18,20,22,38H,15,17,19,21H2,1-2H3. The summed E-state index contributed by atoms with van der Waals surface area (Å²) in [6.07, 6.45) is 4.98. The third-order valence-corrected chi connectivity index (χ3v) is 8.62. The third kappa shape index (κ3) is 6.79. The lowest BCUT2D eigenvalue weighted by Gasteiger charge is -2.11. The summed E-state index contributed by atoms with van der Waals surface area (Å²) in [6.45, 7) is 3.82. The number of pyridine rings is 3. The number of Topliss-reactive ketones (excluding diaryl/α,β-unsaturated/α-hetero) is 1. The molecule has 0 aliphatic heterocycles. The number of carbonyl (C=O) groups is 1. The fraction of sp³-hybridized carbons (Fsp3) is 0.167. The first-order valence-corrected chi connectivity index (χ1v) is 15.5. The zero-order chi connectivity index (χ0) is 32.0. The zero-order valence-corrected chi connectivity index (χ0v) is 26.1. The molecule has 0 saturated heterocycles. The van der Waals surface area contributed by atoms with Crippen LogP contribution in [0.2, 0.25) is 0 Å². The van der Waals surface area contributed by atoms with Crippen LogP contribution < -0.4 is 15.6 Å². The molecule has 0 aliphatic rings. The Bertz CT molecular complexity index is 2060.